The fraction of sp³-hybridized carbons (Fsp3) is 0.333. The van der Waals surface area contributed by atoms with E-state index in [0.717, 1.165) is 43.2 Å². The lowest BCUT2D eigenvalue weighted by Gasteiger charge is -2.34. The van der Waals surface area contributed by atoms with Gasteiger partial charge in [-0.25, -0.2) is 0 Å². The van der Waals surface area contributed by atoms with Crippen LogP contribution in [0.1, 0.15) is 24.0 Å². The Bertz CT molecular complexity index is 757. The third-order valence-corrected chi connectivity index (χ3v) is 4.53. The lowest BCUT2D eigenvalue weighted by atomic mass is 10.1. The van der Waals surface area contributed by atoms with E-state index in [1.807, 2.05) is 61.6 Å². The van der Waals surface area contributed by atoms with Crippen molar-refractivity contribution in [3.8, 4) is 11.8 Å². The van der Waals surface area contributed by atoms with E-state index >= 15 is 0 Å². The Morgan fingerprint density at radius 3 is 2.46 bits per heavy atom. The van der Waals surface area contributed by atoms with E-state index in [1.165, 1.54) is 0 Å². The monoisotopic (exact) mass is 348 g/mol. The van der Waals surface area contributed by atoms with Crippen molar-refractivity contribution in [1.29, 1.82) is 5.26 Å². The summed E-state index contributed by atoms with van der Waals surface area (Å²) in [6.45, 7) is 2.54. The number of nitriles is 1. The number of likely N-dealkylation sites (tertiary alicyclic amines) is 1. The van der Waals surface area contributed by atoms with Crippen LogP contribution in [0.3, 0.4) is 0 Å². The van der Waals surface area contributed by atoms with Crippen molar-refractivity contribution in [3.63, 3.8) is 0 Å². The molecule has 5 heteroatoms. The summed E-state index contributed by atoms with van der Waals surface area (Å²) in [5.41, 5.74) is 1.81. The van der Waals surface area contributed by atoms with Gasteiger partial charge in [0.25, 0.3) is 0 Å². The van der Waals surface area contributed by atoms with E-state index in [9.17, 15) is 0 Å². The van der Waals surface area contributed by atoms with Gasteiger partial charge in [0, 0.05) is 39.5 Å². The third kappa shape index (κ3) is 4.76. The fourth-order valence-corrected chi connectivity index (χ4v) is 3.09. The number of rotatable bonds is 4. The Balaban J connectivity index is 1.48. The van der Waals surface area contributed by atoms with Gasteiger partial charge in [-0.05, 0) is 29.8 Å². The van der Waals surface area contributed by atoms with Crippen LogP contribution in [-0.2, 0) is 6.54 Å². The van der Waals surface area contributed by atoms with E-state index in [4.69, 9.17) is 10.00 Å². The maximum Gasteiger partial charge on any atom is 0.193 e. The van der Waals surface area contributed by atoms with Crippen molar-refractivity contribution in [2.45, 2.75) is 25.5 Å². The summed E-state index contributed by atoms with van der Waals surface area (Å²) in [5.74, 6) is 1.85. The second-order valence-corrected chi connectivity index (χ2v) is 6.33. The van der Waals surface area contributed by atoms with Gasteiger partial charge >= 0.3 is 0 Å². The normalized spacial score (nSPS) is 15.4. The van der Waals surface area contributed by atoms with Gasteiger partial charge in [-0.1, -0.05) is 30.3 Å². The van der Waals surface area contributed by atoms with Crippen molar-refractivity contribution in [2.24, 2.45) is 4.99 Å². The molecule has 1 fully saturated rings. The minimum Gasteiger partial charge on any atom is -0.490 e. The average Bonchev–Trinajstić information content (AvgIpc) is 2.71. The van der Waals surface area contributed by atoms with Crippen LogP contribution in [0.25, 0.3) is 0 Å². The number of para-hydroxylation sites is 1. The largest absolute Gasteiger partial charge is 0.490 e. The Morgan fingerprint density at radius 1 is 1.15 bits per heavy atom. The number of hydrogen-bond acceptors (Lipinski definition) is 3. The quantitative estimate of drug-likeness (QED) is 0.681. The molecule has 0 radical (unpaired) electrons. The molecule has 2 aromatic carbocycles. The Labute approximate surface area is 154 Å². The molecule has 26 heavy (non-hydrogen) atoms. The molecule has 1 N–H and O–H groups in total. The lowest BCUT2D eigenvalue weighted by Crippen LogP contribution is -2.47. The van der Waals surface area contributed by atoms with Crippen molar-refractivity contribution >= 4 is 5.96 Å². The van der Waals surface area contributed by atoms with Crippen molar-refractivity contribution in [2.75, 3.05) is 20.1 Å². The summed E-state index contributed by atoms with van der Waals surface area (Å²) < 4.78 is 6.05. The van der Waals surface area contributed by atoms with Crippen molar-refractivity contribution in [1.82, 2.24) is 10.2 Å². The number of benzene rings is 2. The van der Waals surface area contributed by atoms with E-state index in [-0.39, 0.29) is 6.10 Å². The van der Waals surface area contributed by atoms with Crippen molar-refractivity contribution < 1.29 is 4.74 Å². The standard InChI is InChI=1S/C21H24N4O/c1-23-21(24-16-18-9-7-17(15-22)8-10-18)25-13-11-20(12-14-25)26-19-5-3-2-4-6-19/h2-10,20H,11-14,16H2,1H3,(H,23,24). The number of nitrogens with zero attached hydrogens (tertiary/aromatic N) is 3. The highest BCUT2D eigenvalue weighted by molar-refractivity contribution is 5.80. The fourth-order valence-electron chi connectivity index (χ4n) is 3.09. The van der Waals surface area contributed by atoms with Crippen molar-refractivity contribution in [3.05, 3.63) is 65.7 Å². The Morgan fingerprint density at radius 2 is 1.85 bits per heavy atom. The molecule has 134 valence electrons. The summed E-state index contributed by atoms with van der Waals surface area (Å²) in [7, 11) is 1.81. The first kappa shape index (κ1) is 17.8. The average molecular weight is 348 g/mol. The minimum atomic E-state index is 0.255. The molecule has 0 unspecified atom stereocenters. The maximum atomic E-state index is 8.87. The van der Waals surface area contributed by atoms with Crippen LogP contribution in [0.2, 0.25) is 0 Å². The van der Waals surface area contributed by atoms with Gasteiger partial charge in [0.1, 0.15) is 11.9 Å². The molecule has 3 rings (SSSR count). The van der Waals surface area contributed by atoms with Crippen LogP contribution in [0.5, 0.6) is 5.75 Å². The molecular formula is C21H24N4O. The zero-order chi connectivity index (χ0) is 18.2. The number of aliphatic imine (C=N–C) groups is 1. The van der Waals surface area contributed by atoms with Crippen LogP contribution >= 0.6 is 0 Å². The zero-order valence-electron chi connectivity index (χ0n) is 15.1. The highest BCUT2D eigenvalue weighted by Gasteiger charge is 2.22. The minimum absolute atomic E-state index is 0.255. The van der Waals surface area contributed by atoms with E-state index in [2.05, 4.69) is 21.3 Å². The van der Waals surface area contributed by atoms with Gasteiger partial charge < -0.3 is 15.0 Å². The van der Waals surface area contributed by atoms with E-state index in [1.54, 1.807) is 0 Å². The molecular weight excluding hydrogens is 324 g/mol. The second kappa shape index (κ2) is 8.91. The number of piperidine rings is 1. The number of guanidine groups is 1. The molecule has 5 nitrogen and oxygen atoms in total. The van der Waals surface area contributed by atoms with E-state index in [0.29, 0.717) is 12.1 Å². The van der Waals surface area contributed by atoms with Gasteiger partial charge in [-0.15, -0.1) is 0 Å². The highest BCUT2D eigenvalue weighted by atomic mass is 16.5. The summed E-state index contributed by atoms with van der Waals surface area (Å²) in [5, 5.41) is 12.3. The summed E-state index contributed by atoms with van der Waals surface area (Å²) in [6, 6.07) is 19.8. The van der Waals surface area contributed by atoms with E-state index < -0.39 is 0 Å². The van der Waals surface area contributed by atoms with Gasteiger partial charge in [0.05, 0.1) is 11.6 Å². The second-order valence-electron chi connectivity index (χ2n) is 6.33. The molecule has 2 aromatic rings. The highest BCUT2D eigenvalue weighted by Crippen LogP contribution is 2.18. The number of nitrogens with one attached hydrogen (secondary N) is 1. The molecule has 1 heterocycles. The molecule has 0 spiro atoms. The third-order valence-electron chi connectivity index (χ3n) is 4.53. The SMILES string of the molecule is CN=C(NCc1ccc(C#N)cc1)N1CCC(Oc2ccccc2)CC1. The van der Waals surface area contributed by atoms with Gasteiger partial charge in [-0.2, -0.15) is 5.26 Å². The predicted molar refractivity (Wildman–Crippen MR) is 103 cm³/mol. The smallest absolute Gasteiger partial charge is 0.193 e. The first-order valence-electron chi connectivity index (χ1n) is 8.95. The lowest BCUT2D eigenvalue weighted by molar-refractivity contribution is 0.129. The van der Waals surface area contributed by atoms with Crippen LogP contribution in [0.4, 0.5) is 0 Å². The number of ether oxygens (including phenoxy) is 1. The summed E-state index contributed by atoms with van der Waals surface area (Å²) in [6.07, 6.45) is 2.21. The summed E-state index contributed by atoms with van der Waals surface area (Å²) in [4.78, 5) is 6.68. The first-order chi connectivity index (χ1) is 12.8. The number of hydrogen-bond donors (Lipinski definition) is 1. The first-order valence-corrected chi connectivity index (χ1v) is 8.95. The van der Waals surface area contributed by atoms with Crippen LogP contribution in [0, 0.1) is 11.3 Å². The molecule has 0 amide bonds. The summed E-state index contributed by atoms with van der Waals surface area (Å²) >= 11 is 0. The molecule has 0 bridgehead atoms. The molecule has 0 aromatic heterocycles. The van der Waals surface area contributed by atoms with Crippen LogP contribution in [-0.4, -0.2) is 37.1 Å². The van der Waals surface area contributed by atoms with Gasteiger partial charge in [-0.3, -0.25) is 4.99 Å². The predicted octanol–water partition coefficient (Wildman–Crippen LogP) is 3.18. The molecule has 1 saturated heterocycles. The van der Waals surface area contributed by atoms with Gasteiger partial charge in [0.15, 0.2) is 5.96 Å². The zero-order valence-corrected chi connectivity index (χ0v) is 15.1. The molecule has 1 aliphatic rings. The Kier molecular flexibility index (Phi) is 6.10. The molecule has 0 atom stereocenters. The molecule has 0 aliphatic carbocycles. The molecule has 0 saturated carbocycles. The Hall–Kier alpha value is -3.00. The van der Waals surface area contributed by atoms with Gasteiger partial charge in [0.2, 0.25) is 0 Å². The maximum absolute atomic E-state index is 8.87. The topological polar surface area (TPSA) is 60.7 Å². The van der Waals surface area contributed by atoms with Crippen LogP contribution < -0.4 is 10.1 Å². The molecule has 1 aliphatic heterocycles. The van der Waals surface area contributed by atoms with Crippen LogP contribution in [0.15, 0.2) is 59.6 Å².